The van der Waals surface area contributed by atoms with Gasteiger partial charge in [0.05, 0.1) is 0 Å². The Morgan fingerprint density at radius 3 is 2.53 bits per heavy atom. The largest absolute Gasteiger partial charge is 0.385 e. The van der Waals surface area contributed by atoms with Gasteiger partial charge in [-0.25, -0.2) is 0 Å². The average Bonchev–Trinajstić information content (AvgIpc) is 2.38. The van der Waals surface area contributed by atoms with Crippen molar-refractivity contribution in [1.82, 2.24) is 5.32 Å². The fourth-order valence-corrected chi connectivity index (χ4v) is 2.17. The van der Waals surface area contributed by atoms with Crippen LogP contribution in [-0.2, 0) is 4.74 Å². The summed E-state index contributed by atoms with van der Waals surface area (Å²) in [6.07, 6.45) is 4.98. The fraction of sp³-hybridized carbons (Fsp3) is 0.600. The Hall–Kier alpha value is -0.860. The van der Waals surface area contributed by atoms with E-state index in [1.165, 1.54) is 31.2 Å². The van der Waals surface area contributed by atoms with Crippen LogP contribution in [0.2, 0.25) is 0 Å². The van der Waals surface area contributed by atoms with Gasteiger partial charge >= 0.3 is 0 Å². The molecule has 1 aromatic rings. The van der Waals surface area contributed by atoms with Crippen LogP contribution in [0.25, 0.3) is 0 Å². The molecule has 2 heteroatoms. The van der Waals surface area contributed by atoms with E-state index in [-0.39, 0.29) is 0 Å². The van der Waals surface area contributed by atoms with Crippen LogP contribution in [0.15, 0.2) is 30.3 Å². The van der Waals surface area contributed by atoms with Gasteiger partial charge in [0.1, 0.15) is 0 Å². The van der Waals surface area contributed by atoms with E-state index in [0.29, 0.717) is 5.92 Å². The van der Waals surface area contributed by atoms with Crippen LogP contribution in [0.3, 0.4) is 0 Å². The molecule has 0 saturated heterocycles. The van der Waals surface area contributed by atoms with Crippen LogP contribution in [0.1, 0.15) is 37.2 Å². The number of methoxy groups -OCH3 is 1. The van der Waals surface area contributed by atoms with Crippen molar-refractivity contribution in [2.24, 2.45) is 0 Å². The van der Waals surface area contributed by atoms with Crippen molar-refractivity contribution in [1.29, 1.82) is 0 Å². The summed E-state index contributed by atoms with van der Waals surface area (Å²) >= 11 is 0. The first-order valence-corrected chi connectivity index (χ1v) is 6.57. The molecule has 1 rings (SSSR count). The molecular formula is C15H25NO. The zero-order valence-electron chi connectivity index (χ0n) is 11.1. The zero-order chi connectivity index (χ0) is 12.3. The third-order valence-electron chi connectivity index (χ3n) is 3.12. The molecule has 2 nitrogen and oxygen atoms in total. The van der Waals surface area contributed by atoms with Gasteiger partial charge in [-0.2, -0.15) is 0 Å². The second-order valence-corrected chi connectivity index (χ2v) is 4.51. The van der Waals surface area contributed by atoms with Crippen LogP contribution in [-0.4, -0.2) is 27.3 Å². The number of hydrogen-bond acceptors (Lipinski definition) is 2. The quantitative estimate of drug-likeness (QED) is 0.664. The number of ether oxygens (including phenoxy) is 1. The van der Waals surface area contributed by atoms with Gasteiger partial charge in [-0.3, -0.25) is 0 Å². The van der Waals surface area contributed by atoms with Crippen molar-refractivity contribution in [2.45, 2.75) is 31.6 Å². The first-order valence-electron chi connectivity index (χ1n) is 6.57. The summed E-state index contributed by atoms with van der Waals surface area (Å²) in [5, 5.41) is 3.29. The van der Waals surface area contributed by atoms with Gasteiger partial charge in [0.15, 0.2) is 0 Å². The molecule has 1 atom stereocenters. The highest BCUT2D eigenvalue weighted by atomic mass is 16.5. The van der Waals surface area contributed by atoms with Crippen LogP contribution < -0.4 is 5.32 Å². The Balaban J connectivity index is 2.33. The molecule has 0 bridgehead atoms. The lowest BCUT2D eigenvalue weighted by Crippen LogP contribution is -2.17. The predicted molar refractivity (Wildman–Crippen MR) is 73.5 cm³/mol. The molecule has 0 spiro atoms. The maximum atomic E-state index is 5.07. The van der Waals surface area contributed by atoms with E-state index in [4.69, 9.17) is 4.74 Å². The number of nitrogens with one attached hydrogen (secondary N) is 1. The molecule has 1 aromatic carbocycles. The first-order chi connectivity index (χ1) is 8.38. The Kier molecular flexibility index (Phi) is 7.69. The van der Waals surface area contributed by atoms with E-state index in [9.17, 15) is 0 Å². The van der Waals surface area contributed by atoms with Crippen molar-refractivity contribution >= 4 is 0 Å². The van der Waals surface area contributed by atoms with E-state index in [2.05, 4.69) is 35.6 Å². The molecule has 1 N–H and O–H groups in total. The topological polar surface area (TPSA) is 21.3 Å². The molecule has 0 heterocycles. The highest BCUT2D eigenvalue weighted by Gasteiger charge is 2.09. The summed E-state index contributed by atoms with van der Waals surface area (Å²) in [7, 11) is 3.80. The predicted octanol–water partition coefficient (Wildman–Crippen LogP) is 3.20. The third-order valence-corrected chi connectivity index (χ3v) is 3.12. The van der Waals surface area contributed by atoms with Crippen molar-refractivity contribution in [2.75, 3.05) is 27.3 Å². The van der Waals surface area contributed by atoms with Gasteiger partial charge in [0.25, 0.3) is 0 Å². The van der Waals surface area contributed by atoms with E-state index >= 15 is 0 Å². The van der Waals surface area contributed by atoms with Gasteiger partial charge in [0, 0.05) is 20.3 Å². The number of hydrogen-bond donors (Lipinski definition) is 1. The van der Waals surface area contributed by atoms with Crippen LogP contribution in [0.5, 0.6) is 0 Å². The summed E-state index contributed by atoms with van der Waals surface area (Å²) in [5.41, 5.74) is 1.45. The number of benzene rings is 1. The van der Waals surface area contributed by atoms with Gasteiger partial charge in [-0.15, -0.1) is 0 Å². The third kappa shape index (κ3) is 5.85. The lowest BCUT2D eigenvalue weighted by atomic mass is 9.93. The number of rotatable bonds is 9. The zero-order valence-corrected chi connectivity index (χ0v) is 11.1. The Morgan fingerprint density at radius 1 is 1.12 bits per heavy atom. The summed E-state index contributed by atoms with van der Waals surface area (Å²) in [6.45, 7) is 1.95. The lowest BCUT2D eigenvalue weighted by Gasteiger charge is -2.16. The molecule has 0 fully saturated rings. The molecule has 0 radical (unpaired) electrons. The van der Waals surface area contributed by atoms with Crippen LogP contribution >= 0.6 is 0 Å². The minimum atomic E-state index is 0.642. The molecule has 1 unspecified atom stereocenters. The second-order valence-electron chi connectivity index (χ2n) is 4.51. The van der Waals surface area contributed by atoms with Crippen molar-refractivity contribution in [3.05, 3.63) is 35.9 Å². The van der Waals surface area contributed by atoms with Crippen LogP contribution in [0, 0.1) is 0 Å². The molecule has 0 aromatic heterocycles. The van der Waals surface area contributed by atoms with Crippen molar-refractivity contribution in [3.8, 4) is 0 Å². The molecule has 0 aliphatic carbocycles. The maximum absolute atomic E-state index is 5.07. The van der Waals surface area contributed by atoms with Crippen molar-refractivity contribution in [3.63, 3.8) is 0 Å². The number of likely N-dealkylation sites (N-methyl/N-ethyl adjacent to an activating group) is 1. The van der Waals surface area contributed by atoms with E-state index in [0.717, 1.165) is 13.2 Å². The first kappa shape index (κ1) is 14.2. The van der Waals surface area contributed by atoms with Gasteiger partial charge < -0.3 is 10.1 Å². The smallest absolute Gasteiger partial charge is 0.0462 e. The highest BCUT2D eigenvalue weighted by molar-refractivity contribution is 5.19. The minimum Gasteiger partial charge on any atom is -0.385 e. The standard InChI is InChI=1S/C15H25NO/c1-16-13-15(11-7-4-8-12-17-2)14-9-5-3-6-10-14/h3,5-6,9-10,15-16H,4,7-8,11-13H2,1-2H3. The SMILES string of the molecule is CNCC(CCCCCOC)c1ccccc1. The van der Waals surface area contributed by atoms with Gasteiger partial charge in [-0.05, 0) is 31.4 Å². The Bertz CT molecular complexity index is 274. The molecule has 17 heavy (non-hydrogen) atoms. The molecule has 0 aliphatic heterocycles. The van der Waals surface area contributed by atoms with E-state index in [1.807, 2.05) is 7.05 Å². The van der Waals surface area contributed by atoms with Crippen LogP contribution in [0.4, 0.5) is 0 Å². The Labute approximate surface area is 105 Å². The summed E-state index contributed by atoms with van der Waals surface area (Å²) < 4.78 is 5.07. The highest BCUT2D eigenvalue weighted by Crippen LogP contribution is 2.21. The normalized spacial score (nSPS) is 12.6. The summed E-state index contributed by atoms with van der Waals surface area (Å²) in [6, 6.07) is 10.8. The molecule has 0 saturated carbocycles. The lowest BCUT2D eigenvalue weighted by molar-refractivity contribution is 0.191. The average molecular weight is 235 g/mol. The molecule has 96 valence electrons. The van der Waals surface area contributed by atoms with Crippen molar-refractivity contribution < 1.29 is 4.74 Å². The number of unbranched alkanes of at least 4 members (excludes halogenated alkanes) is 2. The molecule has 0 amide bonds. The fourth-order valence-electron chi connectivity index (χ4n) is 2.17. The maximum Gasteiger partial charge on any atom is 0.0462 e. The Morgan fingerprint density at radius 2 is 1.88 bits per heavy atom. The molecule has 0 aliphatic rings. The van der Waals surface area contributed by atoms with E-state index in [1.54, 1.807) is 7.11 Å². The summed E-state index contributed by atoms with van der Waals surface area (Å²) in [4.78, 5) is 0. The van der Waals surface area contributed by atoms with Gasteiger partial charge in [-0.1, -0.05) is 43.2 Å². The monoisotopic (exact) mass is 235 g/mol. The second kappa shape index (κ2) is 9.20. The molecular weight excluding hydrogens is 210 g/mol. The van der Waals surface area contributed by atoms with E-state index < -0.39 is 0 Å². The van der Waals surface area contributed by atoms with Gasteiger partial charge in [0.2, 0.25) is 0 Å². The minimum absolute atomic E-state index is 0.642. The summed E-state index contributed by atoms with van der Waals surface area (Å²) in [5.74, 6) is 0.642.